The number of ether oxygens (including phenoxy) is 1. The van der Waals surface area contributed by atoms with Crippen LogP contribution in [0.1, 0.15) is 21.5 Å². The van der Waals surface area contributed by atoms with Crippen LogP contribution in [0.25, 0.3) is 0 Å². The van der Waals surface area contributed by atoms with E-state index in [-0.39, 0.29) is 21.1 Å². The molecule has 0 aliphatic rings. The first-order valence-corrected chi connectivity index (χ1v) is 10.3. The first-order valence-electron chi connectivity index (χ1n) is 8.84. The van der Waals surface area contributed by atoms with Gasteiger partial charge in [0.25, 0.3) is 5.91 Å². The van der Waals surface area contributed by atoms with Crippen LogP contribution >= 0.6 is 0 Å². The van der Waals surface area contributed by atoms with Gasteiger partial charge in [-0.15, -0.1) is 0 Å². The van der Waals surface area contributed by atoms with E-state index in [4.69, 9.17) is 4.74 Å². The molecule has 0 radical (unpaired) electrons. The van der Waals surface area contributed by atoms with Gasteiger partial charge in [0.15, 0.2) is 0 Å². The number of sulfone groups is 1. The molecular weight excluding hydrogens is 390 g/mol. The van der Waals surface area contributed by atoms with Gasteiger partial charge in [-0.3, -0.25) is 4.79 Å². The lowest BCUT2D eigenvalue weighted by Gasteiger charge is -2.17. The molecule has 0 spiro atoms. The summed E-state index contributed by atoms with van der Waals surface area (Å²) in [6.45, 7) is 3.14. The van der Waals surface area contributed by atoms with E-state index in [0.29, 0.717) is 22.6 Å². The molecule has 0 fully saturated rings. The Kier molecular flexibility index (Phi) is 5.61. The minimum atomic E-state index is -3.97. The molecule has 0 atom stereocenters. The molecule has 3 aromatic rings. The topological polar surface area (TPSA) is 92.7 Å². The SMILES string of the molecule is COc1ccc(C(=O)Nc2cc(C)c(O)c(S(=O)(=O)c3ccccc3)c2C)cc1. The normalized spacial score (nSPS) is 11.1. The van der Waals surface area contributed by atoms with E-state index in [9.17, 15) is 18.3 Å². The number of phenols is 1. The van der Waals surface area contributed by atoms with Crippen LogP contribution in [-0.2, 0) is 9.84 Å². The minimum Gasteiger partial charge on any atom is -0.506 e. The molecular formula is C22H21NO5S. The van der Waals surface area contributed by atoms with Crippen LogP contribution < -0.4 is 10.1 Å². The number of hydrogen-bond acceptors (Lipinski definition) is 5. The van der Waals surface area contributed by atoms with Gasteiger partial charge in [-0.05, 0) is 67.4 Å². The van der Waals surface area contributed by atoms with Gasteiger partial charge >= 0.3 is 0 Å². The molecule has 0 aliphatic carbocycles. The highest BCUT2D eigenvalue weighted by molar-refractivity contribution is 7.91. The Morgan fingerprint density at radius 1 is 1.00 bits per heavy atom. The summed E-state index contributed by atoms with van der Waals surface area (Å²) < 4.78 is 31.3. The number of aromatic hydroxyl groups is 1. The molecule has 0 saturated heterocycles. The molecule has 0 saturated carbocycles. The van der Waals surface area contributed by atoms with Crippen molar-refractivity contribution in [2.45, 2.75) is 23.6 Å². The highest BCUT2D eigenvalue weighted by Gasteiger charge is 2.27. The second kappa shape index (κ2) is 7.97. The molecule has 2 N–H and O–H groups in total. The number of nitrogens with one attached hydrogen (secondary N) is 1. The molecule has 6 nitrogen and oxygen atoms in total. The summed E-state index contributed by atoms with van der Waals surface area (Å²) in [7, 11) is -2.44. The zero-order valence-corrected chi connectivity index (χ0v) is 17.1. The molecule has 0 unspecified atom stereocenters. The number of benzene rings is 3. The molecule has 0 bridgehead atoms. The van der Waals surface area contributed by atoms with Crippen molar-refractivity contribution in [3.8, 4) is 11.5 Å². The summed E-state index contributed by atoms with van der Waals surface area (Å²) in [6, 6.07) is 16.0. The van der Waals surface area contributed by atoms with E-state index in [1.165, 1.54) is 19.2 Å². The van der Waals surface area contributed by atoms with Crippen LogP contribution in [0.3, 0.4) is 0 Å². The van der Waals surface area contributed by atoms with Crippen molar-refractivity contribution >= 4 is 21.4 Å². The van der Waals surface area contributed by atoms with Gasteiger partial charge in [0.05, 0.1) is 12.0 Å². The minimum absolute atomic E-state index is 0.0661. The standard InChI is InChI=1S/C22H21NO5S/c1-14-13-19(23-22(25)16-9-11-17(28-3)12-10-16)15(2)21(20(14)24)29(26,27)18-7-5-4-6-8-18/h4-13,24H,1-3H3,(H,23,25). The van der Waals surface area contributed by atoms with Gasteiger partial charge < -0.3 is 15.2 Å². The summed E-state index contributed by atoms with van der Waals surface area (Å²) >= 11 is 0. The average molecular weight is 411 g/mol. The van der Waals surface area contributed by atoms with Crippen molar-refractivity contribution in [3.63, 3.8) is 0 Å². The Hall–Kier alpha value is -3.32. The van der Waals surface area contributed by atoms with Gasteiger partial charge in [-0.1, -0.05) is 18.2 Å². The van der Waals surface area contributed by atoms with Crippen molar-refractivity contribution in [1.29, 1.82) is 0 Å². The van der Waals surface area contributed by atoms with E-state index in [1.54, 1.807) is 62.4 Å². The average Bonchev–Trinajstić information content (AvgIpc) is 2.72. The van der Waals surface area contributed by atoms with E-state index < -0.39 is 15.7 Å². The highest BCUT2D eigenvalue weighted by Crippen LogP contribution is 2.38. The van der Waals surface area contributed by atoms with Crippen LogP contribution in [-0.4, -0.2) is 26.5 Å². The summed E-state index contributed by atoms with van der Waals surface area (Å²) in [5.74, 6) is -0.104. The van der Waals surface area contributed by atoms with Crippen LogP contribution in [0.5, 0.6) is 11.5 Å². The van der Waals surface area contributed by atoms with Crippen molar-refractivity contribution in [2.24, 2.45) is 0 Å². The van der Waals surface area contributed by atoms with Crippen molar-refractivity contribution in [3.05, 3.63) is 77.4 Å². The summed E-state index contributed by atoms with van der Waals surface area (Å²) in [6.07, 6.45) is 0. The Bertz CT molecular complexity index is 1150. The van der Waals surface area contributed by atoms with Gasteiger partial charge in [-0.25, -0.2) is 8.42 Å². The summed E-state index contributed by atoms with van der Waals surface area (Å²) in [4.78, 5) is 12.5. The second-order valence-corrected chi connectivity index (χ2v) is 8.43. The predicted molar refractivity (Wildman–Crippen MR) is 110 cm³/mol. The van der Waals surface area contributed by atoms with Crippen molar-refractivity contribution in [2.75, 3.05) is 12.4 Å². The fraction of sp³-hybridized carbons (Fsp3) is 0.136. The number of hydrogen-bond donors (Lipinski definition) is 2. The lowest BCUT2D eigenvalue weighted by Crippen LogP contribution is -2.15. The first-order chi connectivity index (χ1) is 13.8. The van der Waals surface area contributed by atoms with E-state index in [2.05, 4.69) is 5.32 Å². The first kappa shape index (κ1) is 20.4. The van der Waals surface area contributed by atoms with Gasteiger partial charge in [0.2, 0.25) is 9.84 Å². The number of amides is 1. The van der Waals surface area contributed by atoms with Crippen LogP contribution in [0.2, 0.25) is 0 Å². The van der Waals surface area contributed by atoms with Crippen molar-refractivity contribution in [1.82, 2.24) is 0 Å². The molecule has 3 aromatic carbocycles. The molecule has 0 aliphatic heterocycles. The second-order valence-electron chi connectivity index (χ2n) is 6.54. The molecule has 7 heteroatoms. The molecule has 150 valence electrons. The van der Waals surface area contributed by atoms with Crippen LogP contribution in [0.15, 0.2) is 70.5 Å². The zero-order chi connectivity index (χ0) is 21.2. The molecule has 29 heavy (non-hydrogen) atoms. The number of phenolic OH excluding ortho intramolecular Hbond substituents is 1. The molecule has 0 heterocycles. The quantitative estimate of drug-likeness (QED) is 0.617. The molecule has 1 amide bonds. The lowest BCUT2D eigenvalue weighted by atomic mass is 10.1. The number of anilines is 1. The van der Waals surface area contributed by atoms with Gasteiger partial charge in [0, 0.05) is 11.3 Å². The van der Waals surface area contributed by atoms with Crippen LogP contribution in [0, 0.1) is 13.8 Å². The maximum absolute atomic E-state index is 13.1. The number of rotatable bonds is 5. The number of carbonyl (C=O) groups excluding carboxylic acids is 1. The monoisotopic (exact) mass is 411 g/mol. The number of methoxy groups -OCH3 is 1. The summed E-state index contributed by atoms with van der Waals surface area (Å²) in [5.41, 5.74) is 1.31. The predicted octanol–water partition coefficient (Wildman–Crippen LogP) is 4.10. The number of carbonyl (C=O) groups is 1. The fourth-order valence-corrected chi connectivity index (χ4v) is 4.66. The fourth-order valence-electron chi connectivity index (χ4n) is 2.99. The Labute approximate surface area is 169 Å². The van der Waals surface area contributed by atoms with Gasteiger partial charge in [-0.2, -0.15) is 0 Å². The maximum atomic E-state index is 13.1. The highest BCUT2D eigenvalue weighted by atomic mass is 32.2. The maximum Gasteiger partial charge on any atom is 0.255 e. The third-order valence-electron chi connectivity index (χ3n) is 4.62. The van der Waals surface area contributed by atoms with Crippen LogP contribution in [0.4, 0.5) is 5.69 Å². The zero-order valence-electron chi connectivity index (χ0n) is 16.3. The van der Waals surface area contributed by atoms with Crippen molar-refractivity contribution < 1.29 is 23.1 Å². The third-order valence-corrected chi connectivity index (χ3v) is 6.55. The third kappa shape index (κ3) is 3.95. The molecule has 0 aromatic heterocycles. The largest absolute Gasteiger partial charge is 0.506 e. The smallest absolute Gasteiger partial charge is 0.255 e. The lowest BCUT2D eigenvalue weighted by molar-refractivity contribution is 0.102. The van der Waals surface area contributed by atoms with E-state index in [0.717, 1.165) is 0 Å². The Morgan fingerprint density at radius 2 is 1.62 bits per heavy atom. The number of aryl methyl sites for hydroxylation is 1. The molecule has 3 rings (SSSR count). The summed E-state index contributed by atoms with van der Waals surface area (Å²) in [5, 5.41) is 13.2. The van der Waals surface area contributed by atoms with Gasteiger partial charge in [0.1, 0.15) is 16.4 Å². The van der Waals surface area contributed by atoms with E-state index >= 15 is 0 Å². The Balaban J connectivity index is 2.04. The Morgan fingerprint density at radius 3 is 2.21 bits per heavy atom. The van der Waals surface area contributed by atoms with E-state index in [1.807, 2.05) is 0 Å².